The summed E-state index contributed by atoms with van der Waals surface area (Å²) in [7, 11) is 0. The van der Waals surface area contributed by atoms with Gasteiger partial charge in [0.1, 0.15) is 17.6 Å². The van der Waals surface area contributed by atoms with E-state index in [1.54, 1.807) is 6.20 Å². The van der Waals surface area contributed by atoms with Crippen LogP contribution in [0.5, 0.6) is 5.75 Å². The number of amides is 1. The van der Waals surface area contributed by atoms with Crippen LogP contribution in [0.25, 0.3) is 10.9 Å². The zero-order valence-corrected chi connectivity index (χ0v) is 17.8. The van der Waals surface area contributed by atoms with Crippen molar-refractivity contribution < 1.29 is 9.53 Å². The number of hydrogen-bond donors (Lipinski definition) is 1. The molecule has 8 heteroatoms. The summed E-state index contributed by atoms with van der Waals surface area (Å²) < 4.78 is 7.62. The fraction of sp³-hybridized carbons (Fsp3) is 0.455. The van der Waals surface area contributed by atoms with Gasteiger partial charge in [-0.15, -0.1) is 0 Å². The van der Waals surface area contributed by atoms with E-state index >= 15 is 0 Å². The van der Waals surface area contributed by atoms with Crippen LogP contribution in [0.2, 0.25) is 0 Å². The number of anilines is 1. The van der Waals surface area contributed by atoms with Crippen LogP contribution in [0.3, 0.4) is 0 Å². The highest BCUT2D eigenvalue weighted by Crippen LogP contribution is 2.27. The van der Waals surface area contributed by atoms with E-state index in [1.807, 2.05) is 54.6 Å². The quantitative estimate of drug-likeness (QED) is 0.647. The Hall–Kier alpha value is -3.16. The van der Waals surface area contributed by atoms with Crippen molar-refractivity contribution >= 4 is 22.8 Å². The summed E-state index contributed by atoms with van der Waals surface area (Å²) in [5.41, 5.74) is 1.75. The number of carbonyl (C=O) groups excluding carboxylic acids is 1. The van der Waals surface area contributed by atoms with E-state index in [-0.39, 0.29) is 11.9 Å². The van der Waals surface area contributed by atoms with Crippen molar-refractivity contribution in [3.63, 3.8) is 0 Å². The molecule has 0 radical (unpaired) electrons. The van der Waals surface area contributed by atoms with Gasteiger partial charge in [0, 0.05) is 37.4 Å². The van der Waals surface area contributed by atoms with Crippen LogP contribution in [0.15, 0.2) is 30.6 Å². The lowest BCUT2D eigenvalue weighted by Gasteiger charge is -2.24. The molecule has 0 aliphatic carbocycles. The number of aryl methyl sites for hydroxylation is 2. The van der Waals surface area contributed by atoms with Gasteiger partial charge < -0.3 is 19.5 Å². The molecular formula is C22H28N6O2. The molecule has 30 heavy (non-hydrogen) atoms. The minimum Gasteiger partial charge on any atom is -0.494 e. The Morgan fingerprint density at radius 1 is 1.30 bits per heavy atom. The summed E-state index contributed by atoms with van der Waals surface area (Å²) in [6, 6.07) is 5.61. The minimum absolute atomic E-state index is 0.0262. The molecule has 158 valence electrons. The van der Waals surface area contributed by atoms with Crippen molar-refractivity contribution in [1.29, 1.82) is 0 Å². The van der Waals surface area contributed by atoms with Gasteiger partial charge in [-0.2, -0.15) is 0 Å². The largest absolute Gasteiger partial charge is 0.494 e. The van der Waals surface area contributed by atoms with Gasteiger partial charge in [-0.3, -0.25) is 4.79 Å². The molecule has 3 aromatic rings. The standard InChI is InChI=1S/C22H28N6O2/c1-4-30-17-7-8-19-18(14-17)15(2)25-22(26-19)28-11-5-6-20(28)21(29)24-10-13-27-12-9-23-16(27)3/h7-9,12,14,20H,4-6,10-11,13H2,1-3H3,(H,24,29). The molecule has 0 bridgehead atoms. The van der Waals surface area contributed by atoms with Crippen LogP contribution in [-0.2, 0) is 11.3 Å². The van der Waals surface area contributed by atoms with Crippen molar-refractivity contribution in [1.82, 2.24) is 24.8 Å². The summed E-state index contributed by atoms with van der Waals surface area (Å²) >= 11 is 0. The van der Waals surface area contributed by atoms with Gasteiger partial charge in [0.2, 0.25) is 11.9 Å². The number of rotatable bonds is 7. The average molecular weight is 409 g/mol. The number of ether oxygens (including phenoxy) is 1. The van der Waals surface area contributed by atoms with Crippen molar-refractivity contribution in [3.05, 3.63) is 42.1 Å². The molecule has 0 saturated carbocycles. The maximum Gasteiger partial charge on any atom is 0.242 e. The molecule has 1 atom stereocenters. The van der Waals surface area contributed by atoms with E-state index in [0.29, 0.717) is 25.6 Å². The summed E-state index contributed by atoms with van der Waals surface area (Å²) in [5, 5.41) is 4.03. The second-order valence-corrected chi connectivity index (χ2v) is 7.53. The number of fused-ring (bicyclic) bond motifs is 1. The van der Waals surface area contributed by atoms with Gasteiger partial charge in [0.25, 0.3) is 0 Å². The zero-order chi connectivity index (χ0) is 21.1. The molecule has 1 saturated heterocycles. The van der Waals surface area contributed by atoms with Crippen LogP contribution < -0.4 is 15.0 Å². The first-order chi connectivity index (χ1) is 14.6. The van der Waals surface area contributed by atoms with E-state index in [9.17, 15) is 4.79 Å². The predicted molar refractivity (Wildman–Crippen MR) is 116 cm³/mol. The predicted octanol–water partition coefficient (Wildman–Crippen LogP) is 2.63. The van der Waals surface area contributed by atoms with Crippen molar-refractivity contribution in [2.75, 3.05) is 24.6 Å². The van der Waals surface area contributed by atoms with E-state index in [1.165, 1.54) is 0 Å². The lowest BCUT2D eigenvalue weighted by atomic mass is 10.2. The Kier molecular flexibility index (Phi) is 5.83. The fourth-order valence-electron chi connectivity index (χ4n) is 3.97. The lowest BCUT2D eigenvalue weighted by Crippen LogP contribution is -2.44. The van der Waals surface area contributed by atoms with Crippen LogP contribution in [0, 0.1) is 13.8 Å². The first kappa shape index (κ1) is 20.1. The molecule has 1 aliphatic heterocycles. The van der Waals surface area contributed by atoms with E-state index in [2.05, 4.69) is 10.3 Å². The molecule has 1 aromatic carbocycles. The lowest BCUT2D eigenvalue weighted by molar-refractivity contribution is -0.122. The number of imidazole rings is 1. The Morgan fingerprint density at radius 3 is 2.93 bits per heavy atom. The Balaban J connectivity index is 1.48. The number of carbonyl (C=O) groups is 1. The molecule has 1 N–H and O–H groups in total. The number of nitrogens with zero attached hydrogens (tertiary/aromatic N) is 5. The molecule has 1 unspecified atom stereocenters. The molecule has 8 nitrogen and oxygen atoms in total. The third-order valence-corrected chi connectivity index (χ3v) is 5.54. The topological polar surface area (TPSA) is 85.2 Å². The van der Waals surface area contributed by atoms with Crippen molar-refractivity contribution in [2.45, 2.75) is 46.2 Å². The van der Waals surface area contributed by atoms with E-state index in [4.69, 9.17) is 14.7 Å². The SMILES string of the molecule is CCOc1ccc2nc(N3CCCC3C(=O)NCCn3ccnc3C)nc(C)c2c1. The molecule has 1 fully saturated rings. The number of nitrogens with one attached hydrogen (secondary N) is 1. The summed E-state index contributed by atoms with van der Waals surface area (Å²) in [6.07, 6.45) is 5.45. The highest BCUT2D eigenvalue weighted by atomic mass is 16.5. The average Bonchev–Trinajstić information content (AvgIpc) is 3.38. The molecule has 1 amide bonds. The highest BCUT2D eigenvalue weighted by molar-refractivity contribution is 5.87. The Bertz CT molecular complexity index is 1050. The van der Waals surface area contributed by atoms with Crippen LogP contribution >= 0.6 is 0 Å². The summed E-state index contributed by atoms with van der Waals surface area (Å²) in [4.78, 5) is 28.6. The maximum absolute atomic E-state index is 12.9. The summed E-state index contributed by atoms with van der Waals surface area (Å²) in [5.74, 6) is 2.40. The van der Waals surface area contributed by atoms with Crippen LogP contribution in [-0.4, -0.2) is 51.2 Å². The number of hydrogen-bond acceptors (Lipinski definition) is 6. The van der Waals surface area contributed by atoms with Crippen molar-refractivity contribution in [2.24, 2.45) is 0 Å². The van der Waals surface area contributed by atoms with Gasteiger partial charge >= 0.3 is 0 Å². The first-order valence-corrected chi connectivity index (χ1v) is 10.5. The summed E-state index contributed by atoms with van der Waals surface area (Å²) in [6.45, 7) is 8.57. The third kappa shape index (κ3) is 4.08. The molecule has 1 aliphatic rings. The number of benzene rings is 1. The fourth-order valence-corrected chi connectivity index (χ4v) is 3.97. The highest BCUT2D eigenvalue weighted by Gasteiger charge is 2.32. The van der Waals surface area contributed by atoms with Crippen molar-refractivity contribution in [3.8, 4) is 5.75 Å². The molecular weight excluding hydrogens is 380 g/mol. The molecule has 4 rings (SSSR count). The molecule has 0 spiro atoms. The van der Waals surface area contributed by atoms with Crippen LogP contribution in [0.1, 0.15) is 31.3 Å². The van der Waals surface area contributed by atoms with E-state index in [0.717, 1.165) is 47.6 Å². The Morgan fingerprint density at radius 2 is 2.17 bits per heavy atom. The molecule has 3 heterocycles. The van der Waals surface area contributed by atoms with Gasteiger partial charge in [0.05, 0.1) is 17.8 Å². The van der Waals surface area contributed by atoms with Gasteiger partial charge in [-0.25, -0.2) is 15.0 Å². The zero-order valence-electron chi connectivity index (χ0n) is 17.8. The maximum atomic E-state index is 12.9. The van der Waals surface area contributed by atoms with E-state index < -0.39 is 0 Å². The third-order valence-electron chi connectivity index (χ3n) is 5.54. The monoisotopic (exact) mass is 408 g/mol. The smallest absolute Gasteiger partial charge is 0.242 e. The van der Waals surface area contributed by atoms with Gasteiger partial charge in [-0.1, -0.05) is 0 Å². The van der Waals surface area contributed by atoms with Gasteiger partial charge in [0.15, 0.2) is 0 Å². The normalized spacial score (nSPS) is 16.2. The second kappa shape index (κ2) is 8.69. The van der Waals surface area contributed by atoms with Gasteiger partial charge in [-0.05, 0) is 51.8 Å². The minimum atomic E-state index is -0.242. The second-order valence-electron chi connectivity index (χ2n) is 7.53. The van der Waals surface area contributed by atoms with Crippen LogP contribution in [0.4, 0.5) is 5.95 Å². The first-order valence-electron chi connectivity index (χ1n) is 10.5. The number of aromatic nitrogens is 4. The Labute approximate surface area is 176 Å². The molecule has 2 aromatic heterocycles.